The highest BCUT2D eigenvalue weighted by molar-refractivity contribution is 7.88. The van der Waals surface area contributed by atoms with E-state index in [0.29, 0.717) is 0 Å². The van der Waals surface area contributed by atoms with Gasteiger partial charge in [-0.1, -0.05) is 0 Å². The Morgan fingerprint density at radius 3 is 2.44 bits per heavy atom. The molecular weight excluding hydrogens is 232 g/mol. The van der Waals surface area contributed by atoms with Crippen molar-refractivity contribution in [3.63, 3.8) is 0 Å². The summed E-state index contributed by atoms with van der Waals surface area (Å²) in [7, 11) is -3.92. The number of terminal acetylenes is 1. The maximum Gasteiger partial charge on any atom is 0.422 e. The molecule has 7 heteroatoms. The molecule has 16 heavy (non-hydrogen) atoms. The fourth-order valence-corrected chi connectivity index (χ4v) is 1.80. The van der Waals surface area contributed by atoms with E-state index in [2.05, 4.69) is 15.4 Å². The highest BCUT2D eigenvalue weighted by Crippen LogP contribution is 1.93. The van der Waals surface area contributed by atoms with E-state index in [9.17, 15) is 13.2 Å². The Morgan fingerprint density at radius 2 is 2.00 bits per heavy atom. The number of carbonyl (C=O) groups is 1. The van der Waals surface area contributed by atoms with E-state index in [4.69, 9.17) is 6.42 Å². The third-order valence-corrected chi connectivity index (χ3v) is 2.49. The second-order valence-corrected chi connectivity index (χ2v) is 4.93. The minimum absolute atomic E-state index is 0.236. The van der Waals surface area contributed by atoms with Crippen LogP contribution in [0.4, 0.5) is 4.79 Å². The molecule has 0 fully saturated rings. The second-order valence-electron chi connectivity index (χ2n) is 3.49. The van der Waals surface area contributed by atoms with Crippen molar-refractivity contribution in [2.45, 2.75) is 39.3 Å². The molecule has 0 saturated heterocycles. The normalized spacial score (nSPS) is 12.9. The largest absolute Gasteiger partial charge is 0.446 e. The molecule has 0 aromatic carbocycles. The summed E-state index contributed by atoms with van der Waals surface area (Å²) < 4.78 is 31.1. The Hall–Kier alpha value is -1.26. The average molecular weight is 248 g/mol. The molecular formula is C9H16N2O4S. The van der Waals surface area contributed by atoms with Crippen LogP contribution in [0, 0.1) is 12.3 Å². The van der Waals surface area contributed by atoms with Crippen molar-refractivity contribution < 1.29 is 17.9 Å². The Morgan fingerprint density at radius 1 is 1.44 bits per heavy atom. The number of hydrogen-bond acceptors (Lipinski definition) is 4. The Balaban J connectivity index is 4.26. The standard InChI is InChI=1S/C9H16N2O4S/c1-5-6-8(4)10-16(13,14)11-9(12)15-7(2)3/h1,7-8,10H,6H2,2-4H3,(H,11,12). The lowest BCUT2D eigenvalue weighted by atomic mass is 10.3. The van der Waals surface area contributed by atoms with Gasteiger partial charge in [0.2, 0.25) is 0 Å². The monoisotopic (exact) mass is 248 g/mol. The molecule has 0 saturated carbocycles. The predicted octanol–water partition coefficient (Wildman–Crippen LogP) is 0.367. The fourth-order valence-electron chi connectivity index (χ4n) is 0.861. The second kappa shape index (κ2) is 6.35. The van der Waals surface area contributed by atoms with Crippen LogP contribution in [0.3, 0.4) is 0 Å². The van der Waals surface area contributed by atoms with E-state index < -0.39 is 28.4 Å². The van der Waals surface area contributed by atoms with Crippen molar-refractivity contribution in [3.05, 3.63) is 0 Å². The van der Waals surface area contributed by atoms with Gasteiger partial charge >= 0.3 is 16.3 Å². The van der Waals surface area contributed by atoms with Crippen molar-refractivity contribution in [1.29, 1.82) is 0 Å². The van der Waals surface area contributed by atoms with E-state index in [1.54, 1.807) is 25.5 Å². The summed E-state index contributed by atoms with van der Waals surface area (Å²) in [6.45, 7) is 4.81. The van der Waals surface area contributed by atoms with E-state index in [1.807, 2.05) is 0 Å². The molecule has 0 rings (SSSR count). The molecule has 1 atom stereocenters. The minimum Gasteiger partial charge on any atom is -0.446 e. The van der Waals surface area contributed by atoms with Crippen molar-refractivity contribution in [3.8, 4) is 12.3 Å². The van der Waals surface area contributed by atoms with E-state index in [-0.39, 0.29) is 6.42 Å². The number of rotatable bonds is 5. The number of hydrogen-bond donors (Lipinski definition) is 2. The van der Waals surface area contributed by atoms with Gasteiger partial charge in [0.1, 0.15) is 0 Å². The van der Waals surface area contributed by atoms with Gasteiger partial charge < -0.3 is 4.74 Å². The van der Waals surface area contributed by atoms with Gasteiger partial charge in [0.15, 0.2) is 0 Å². The lowest BCUT2D eigenvalue weighted by Gasteiger charge is -2.13. The molecule has 0 spiro atoms. The maximum absolute atomic E-state index is 11.3. The topological polar surface area (TPSA) is 84.5 Å². The van der Waals surface area contributed by atoms with E-state index >= 15 is 0 Å². The van der Waals surface area contributed by atoms with Crippen LogP contribution in [0.15, 0.2) is 0 Å². The van der Waals surface area contributed by atoms with Gasteiger partial charge in [0.25, 0.3) is 0 Å². The van der Waals surface area contributed by atoms with Gasteiger partial charge in [-0.2, -0.15) is 13.1 Å². The third kappa shape index (κ3) is 7.09. The SMILES string of the molecule is C#CCC(C)NS(=O)(=O)NC(=O)OC(C)C. The van der Waals surface area contributed by atoms with Gasteiger partial charge in [-0.3, -0.25) is 0 Å². The van der Waals surface area contributed by atoms with Gasteiger partial charge in [0.05, 0.1) is 6.10 Å². The van der Waals surface area contributed by atoms with Crippen LogP contribution in [-0.4, -0.2) is 26.7 Å². The van der Waals surface area contributed by atoms with Gasteiger partial charge in [-0.05, 0) is 20.8 Å². The molecule has 0 bridgehead atoms. The molecule has 1 amide bonds. The quantitative estimate of drug-likeness (QED) is 0.688. The zero-order valence-corrected chi connectivity index (χ0v) is 10.3. The Labute approximate surface area is 95.9 Å². The zero-order valence-electron chi connectivity index (χ0n) is 9.48. The summed E-state index contributed by atoms with van der Waals surface area (Å²) >= 11 is 0. The third-order valence-electron chi connectivity index (χ3n) is 1.34. The first kappa shape index (κ1) is 14.7. The summed E-state index contributed by atoms with van der Waals surface area (Å²) in [5.41, 5.74) is 0. The Kier molecular flexibility index (Phi) is 5.85. The smallest absolute Gasteiger partial charge is 0.422 e. The van der Waals surface area contributed by atoms with Crippen LogP contribution in [0.1, 0.15) is 27.2 Å². The van der Waals surface area contributed by atoms with Crippen molar-refractivity contribution >= 4 is 16.3 Å². The first-order valence-corrected chi connectivity index (χ1v) is 6.19. The predicted molar refractivity (Wildman–Crippen MR) is 59.7 cm³/mol. The van der Waals surface area contributed by atoms with E-state index in [1.165, 1.54) is 0 Å². The van der Waals surface area contributed by atoms with Crippen molar-refractivity contribution in [2.75, 3.05) is 0 Å². The molecule has 92 valence electrons. The molecule has 0 radical (unpaired) electrons. The summed E-state index contributed by atoms with van der Waals surface area (Å²) in [5, 5.41) is 0. The summed E-state index contributed by atoms with van der Waals surface area (Å²) in [5.74, 6) is 2.30. The summed E-state index contributed by atoms with van der Waals surface area (Å²) in [6, 6.07) is -0.450. The van der Waals surface area contributed by atoms with Crippen molar-refractivity contribution in [2.24, 2.45) is 0 Å². The zero-order chi connectivity index (χ0) is 12.8. The summed E-state index contributed by atoms with van der Waals surface area (Å²) in [6.07, 6.45) is 3.85. The average Bonchev–Trinajstić information content (AvgIpc) is 1.98. The summed E-state index contributed by atoms with van der Waals surface area (Å²) in [4.78, 5) is 11.0. The van der Waals surface area contributed by atoms with Crippen LogP contribution < -0.4 is 9.44 Å². The van der Waals surface area contributed by atoms with Gasteiger partial charge in [0, 0.05) is 12.5 Å². The van der Waals surface area contributed by atoms with Crippen LogP contribution >= 0.6 is 0 Å². The molecule has 0 aromatic heterocycles. The Bertz CT molecular complexity index is 369. The lowest BCUT2D eigenvalue weighted by molar-refractivity contribution is 0.121. The van der Waals surface area contributed by atoms with Gasteiger partial charge in [-0.25, -0.2) is 9.52 Å². The first-order valence-electron chi connectivity index (χ1n) is 4.71. The molecule has 0 aromatic rings. The van der Waals surface area contributed by atoms with Crippen LogP contribution in [-0.2, 0) is 14.9 Å². The number of amides is 1. The molecule has 0 aliphatic heterocycles. The molecule has 0 aliphatic rings. The fraction of sp³-hybridized carbons (Fsp3) is 0.667. The maximum atomic E-state index is 11.3. The highest BCUT2D eigenvalue weighted by atomic mass is 32.2. The van der Waals surface area contributed by atoms with Gasteiger partial charge in [-0.15, -0.1) is 12.3 Å². The number of ether oxygens (including phenoxy) is 1. The van der Waals surface area contributed by atoms with Crippen LogP contribution in [0.25, 0.3) is 0 Å². The number of carbonyl (C=O) groups excluding carboxylic acids is 1. The molecule has 0 aliphatic carbocycles. The first-order chi connectivity index (χ1) is 7.26. The van der Waals surface area contributed by atoms with Crippen LogP contribution in [0.2, 0.25) is 0 Å². The van der Waals surface area contributed by atoms with Crippen LogP contribution in [0.5, 0.6) is 0 Å². The molecule has 2 N–H and O–H groups in total. The highest BCUT2D eigenvalue weighted by Gasteiger charge is 2.18. The lowest BCUT2D eigenvalue weighted by Crippen LogP contribution is -2.44. The number of nitrogens with one attached hydrogen (secondary N) is 2. The molecule has 1 unspecified atom stereocenters. The molecule has 6 nitrogen and oxygen atoms in total. The van der Waals surface area contributed by atoms with Crippen molar-refractivity contribution in [1.82, 2.24) is 9.44 Å². The molecule has 0 heterocycles. The minimum atomic E-state index is -3.92. The van der Waals surface area contributed by atoms with E-state index in [0.717, 1.165) is 0 Å².